The Morgan fingerprint density at radius 3 is 2.57 bits per heavy atom. The predicted molar refractivity (Wildman–Crippen MR) is 118 cm³/mol. The lowest BCUT2D eigenvalue weighted by atomic mass is 10.1. The van der Waals surface area contributed by atoms with E-state index in [9.17, 15) is 9.18 Å². The summed E-state index contributed by atoms with van der Waals surface area (Å²) in [5, 5.41) is 4.87. The van der Waals surface area contributed by atoms with Gasteiger partial charge in [0.1, 0.15) is 11.6 Å². The monoisotopic (exact) mass is 427 g/mol. The average Bonchev–Trinajstić information content (AvgIpc) is 2.72. The Kier molecular flexibility index (Phi) is 6.64. The minimum Gasteiger partial charge on any atom is -0.382 e. The van der Waals surface area contributed by atoms with Crippen LogP contribution in [0.4, 0.5) is 10.2 Å². The van der Waals surface area contributed by atoms with Crippen molar-refractivity contribution in [3.05, 3.63) is 80.7 Å². The largest absolute Gasteiger partial charge is 0.382 e. The molecule has 0 bridgehead atoms. The molecule has 1 atom stereocenters. The molecule has 156 valence electrons. The molecule has 0 aliphatic carbocycles. The normalized spacial score (nSPS) is 14.0. The van der Waals surface area contributed by atoms with Crippen molar-refractivity contribution in [1.82, 2.24) is 19.9 Å². The maximum Gasteiger partial charge on any atom is 0.264 e. The molecule has 3 aromatic rings. The molecular weight excluding hydrogens is 405 g/mol. The van der Waals surface area contributed by atoms with Crippen molar-refractivity contribution in [2.24, 2.45) is 0 Å². The van der Waals surface area contributed by atoms with Crippen LogP contribution in [-0.2, 0) is 6.54 Å². The Balaban J connectivity index is 2.16. The van der Waals surface area contributed by atoms with E-state index >= 15 is 0 Å². The molecule has 0 fully saturated rings. The number of rotatable bonds is 5. The number of hydrogen-bond donors (Lipinski definition) is 2. The second kappa shape index (κ2) is 9.19. The Morgan fingerprint density at radius 2 is 1.97 bits per heavy atom. The standard InChI is InChI=1S/C22H23ClFN5O/c1-4-15-11-19(14(3)28-12-18-21(25)27-10-9-26-18)29(22(30)20(15)13(2)23)17-7-5-16(24)6-8-17/h4-11,14,28H,12H2,1-3H3,(H2,25,27). The van der Waals surface area contributed by atoms with Crippen LogP contribution in [0, 0.1) is 5.82 Å². The summed E-state index contributed by atoms with van der Waals surface area (Å²) in [6.45, 7) is 5.82. The molecule has 1 unspecified atom stereocenters. The highest BCUT2D eigenvalue weighted by atomic mass is 35.5. The van der Waals surface area contributed by atoms with Crippen LogP contribution in [0.5, 0.6) is 0 Å². The van der Waals surface area contributed by atoms with Crippen LogP contribution < -0.4 is 27.0 Å². The predicted octanol–water partition coefficient (Wildman–Crippen LogP) is 2.37. The van der Waals surface area contributed by atoms with Crippen molar-refractivity contribution in [3.8, 4) is 5.69 Å². The number of nitrogen functional groups attached to an aromatic ring is 1. The van der Waals surface area contributed by atoms with Gasteiger partial charge in [-0.2, -0.15) is 0 Å². The van der Waals surface area contributed by atoms with Crippen LogP contribution in [0.15, 0.2) is 47.5 Å². The third kappa shape index (κ3) is 4.42. The minimum atomic E-state index is -0.378. The topological polar surface area (TPSA) is 85.8 Å². The molecule has 30 heavy (non-hydrogen) atoms. The maximum absolute atomic E-state index is 13.5. The molecule has 3 N–H and O–H groups in total. The number of anilines is 1. The van der Waals surface area contributed by atoms with Gasteiger partial charge in [-0.15, -0.1) is 0 Å². The second-order valence-electron chi connectivity index (χ2n) is 6.83. The summed E-state index contributed by atoms with van der Waals surface area (Å²) in [4.78, 5) is 21.7. The van der Waals surface area contributed by atoms with Gasteiger partial charge < -0.3 is 11.1 Å². The maximum atomic E-state index is 13.5. The molecular formula is C22H23ClFN5O. The highest BCUT2D eigenvalue weighted by Crippen LogP contribution is 2.16. The van der Waals surface area contributed by atoms with Crippen LogP contribution in [0.1, 0.15) is 38.2 Å². The molecule has 3 rings (SSSR count). The zero-order valence-corrected chi connectivity index (χ0v) is 17.7. The molecule has 2 aromatic heterocycles. The van der Waals surface area contributed by atoms with Gasteiger partial charge in [0.25, 0.3) is 5.56 Å². The molecule has 1 aromatic carbocycles. The number of halogens is 2. The van der Waals surface area contributed by atoms with E-state index < -0.39 is 0 Å². The van der Waals surface area contributed by atoms with Crippen LogP contribution in [0.2, 0.25) is 0 Å². The van der Waals surface area contributed by atoms with E-state index in [1.807, 2.05) is 26.0 Å². The number of nitrogens with two attached hydrogens (primary N) is 1. The fourth-order valence-corrected chi connectivity index (χ4v) is 3.46. The summed E-state index contributed by atoms with van der Waals surface area (Å²) >= 11 is 6.25. The summed E-state index contributed by atoms with van der Waals surface area (Å²) in [5.74, 6) is -0.0325. The van der Waals surface area contributed by atoms with E-state index in [1.54, 1.807) is 29.8 Å². The quantitative estimate of drug-likeness (QED) is 0.653. The molecule has 2 heterocycles. The van der Waals surface area contributed by atoms with E-state index in [2.05, 4.69) is 15.3 Å². The van der Waals surface area contributed by atoms with Crippen LogP contribution >= 0.6 is 11.6 Å². The van der Waals surface area contributed by atoms with Crippen LogP contribution in [0.25, 0.3) is 16.8 Å². The Labute approximate surface area is 178 Å². The molecule has 0 saturated heterocycles. The van der Waals surface area contributed by atoms with Gasteiger partial charge in [-0.05, 0) is 56.3 Å². The SMILES string of the molecule is CC=c1cc(C(C)NCc2nccnc2N)n(-c2ccc(F)cc2)c(=O)c1=C(C)Cl. The number of nitrogens with one attached hydrogen (secondary N) is 1. The lowest BCUT2D eigenvalue weighted by Gasteiger charge is -2.20. The lowest BCUT2D eigenvalue weighted by Crippen LogP contribution is -2.47. The summed E-state index contributed by atoms with van der Waals surface area (Å²) < 4.78 is 15.0. The van der Waals surface area contributed by atoms with Crippen LogP contribution in [-0.4, -0.2) is 14.5 Å². The lowest BCUT2D eigenvalue weighted by molar-refractivity contribution is 0.540. The number of aromatic nitrogens is 3. The summed E-state index contributed by atoms with van der Waals surface area (Å²) in [7, 11) is 0. The van der Waals surface area contributed by atoms with Crippen LogP contribution in [0.3, 0.4) is 0 Å². The highest BCUT2D eigenvalue weighted by Gasteiger charge is 2.16. The van der Waals surface area contributed by atoms with Crippen molar-refractivity contribution in [2.45, 2.75) is 33.4 Å². The van der Waals surface area contributed by atoms with E-state index in [0.29, 0.717) is 39.7 Å². The van der Waals surface area contributed by atoms with Gasteiger partial charge in [0.05, 0.1) is 10.9 Å². The minimum absolute atomic E-state index is 0.257. The first-order valence-electron chi connectivity index (χ1n) is 9.47. The van der Waals surface area contributed by atoms with Gasteiger partial charge in [-0.1, -0.05) is 17.7 Å². The van der Waals surface area contributed by atoms with Crippen molar-refractivity contribution < 1.29 is 4.39 Å². The Morgan fingerprint density at radius 1 is 1.30 bits per heavy atom. The first-order chi connectivity index (χ1) is 14.3. The van der Waals surface area contributed by atoms with E-state index in [0.717, 1.165) is 5.22 Å². The molecule has 0 aliphatic heterocycles. The zero-order chi connectivity index (χ0) is 21.8. The summed E-state index contributed by atoms with van der Waals surface area (Å²) in [6, 6.07) is 7.42. The summed E-state index contributed by atoms with van der Waals surface area (Å²) in [5.41, 5.74) is 7.47. The van der Waals surface area contributed by atoms with E-state index in [-0.39, 0.29) is 17.4 Å². The highest BCUT2D eigenvalue weighted by molar-refractivity contribution is 6.44. The van der Waals surface area contributed by atoms with Gasteiger partial charge in [0.15, 0.2) is 0 Å². The number of nitrogens with zero attached hydrogens (tertiary/aromatic N) is 3. The molecule has 0 saturated carbocycles. The van der Waals surface area contributed by atoms with Gasteiger partial charge in [-0.3, -0.25) is 14.3 Å². The van der Waals surface area contributed by atoms with Gasteiger partial charge in [0, 0.05) is 41.4 Å². The van der Waals surface area contributed by atoms with Crippen molar-refractivity contribution in [1.29, 1.82) is 0 Å². The number of pyridine rings is 1. The van der Waals surface area contributed by atoms with Crippen molar-refractivity contribution in [2.75, 3.05) is 5.73 Å². The molecule has 6 nitrogen and oxygen atoms in total. The van der Waals surface area contributed by atoms with Gasteiger partial charge in [-0.25, -0.2) is 9.37 Å². The third-order valence-electron chi connectivity index (χ3n) is 4.83. The molecule has 0 radical (unpaired) electrons. The number of hydrogen-bond acceptors (Lipinski definition) is 5. The first-order valence-corrected chi connectivity index (χ1v) is 9.84. The van der Waals surface area contributed by atoms with Crippen molar-refractivity contribution >= 4 is 28.5 Å². The summed E-state index contributed by atoms with van der Waals surface area (Å²) in [6.07, 6.45) is 4.94. The van der Waals surface area contributed by atoms with E-state index in [1.165, 1.54) is 18.3 Å². The van der Waals surface area contributed by atoms with E-state index in [4.69, 9.17) is 17.3 Å². The molecule has 0 aliphatic rings. The molecule has 8 heteroatoms. The average molecular weight is 428 g/mol. The zero-order valence-electron chi connectivity index (χ0n) is 17.0. The molecule has 0 spiro atoms. The number of benzene rings is 1. The fraction of sp³-hybridized carbons (Fsp3) is 0.227. The Bertz CT molecular complexity index is 1230. The smallest absolute Gasteiger partial charge is 0.264 e. The molecule has 0 amide bonds. The first kappa shape index (κ1) is 21.7. The van der Waals surface area contributed by atoms with Gasteiger partial charge >= 0.3 is 0 Å². The van der Waals surface area contributed by atoms with Gasteiger partial charge in [0.2, 0.25) is 0 Å². The fourth-order valence-electron chi connectivity index (χ4n) is 3.27. The second-order valence-corrected chi connectivity index (χ2v) is 7.40. The van der Waals surface area contributed by atoms with Crippen molar-refractivity contribution in [3.63, 3.8) is 0 Å². The third-order valence-corrected chi connectivity index (χ3v) is 5.02. The Hall–Kier alpha value is -3.03.